The van der Waals surface area contributed by atoms with E-state index in [2.05, 4.69) is 9.47 Å². The van der Waals surface area contributed by atoms with Gasteiger partial charge in [-0.15, -0.1) is 0 Å². The van der Waals surface area contributed by atoms with Crippen molar-refractivity contribution in [3.63, 3.8) is 0 Å². The van der Waals surface area contributed by atoms with Gasteiger partial charge in [-0.05, 0) is 44.1 Å². The molecule has 0 aromatic heterocycles. The number of hydrogen-bond acceptors (Lipinski definition) is 7. The molecule has 148 valence electrons. The summed E-state index contributed by atoms with van der Waals surface area (Å²) >= 11 is 0. The fraction of sp³-hybridized carbons (Fsp3) is 0.733. The Labute approximate surface area is 149 Å². The second-order valence-corrected chi connectivity index (χ2v) is 8.18. The van der Waals surface area contributed by atoms with Crippen molar-refractivity contribution in [2.75, 3.05) is 13.9 Å². The summed E-state index contributed by atoms with van der Waals surface area (Å²) < 4.78 is 70.9. The van der Waals surface area contributed by atoms with Crippen LogP contribution >= 0.6 is 0 Å². The van der Waals surface area contributed by atoms with E-state index in [1.807, 2.05) is 0 Å². The molecule has 2 bridgehead atoms. The van der Waals surface area contributed by atoms with Gasteiger partial charge in [0.25, 0.3) is 0 Å². The summed E-state index contributed by atoms with van der Waals surface area (Å²) in [6, 6.07) is 0. The summed E-state index contributed by atoms with van der Waals surface area (Å²) in [5.41, 5.74) is -0.586. The molecule has 26 heavy (non-hydrogen) atoms. The molecule has 2 aliphatic carbocycles. The fourth-order valence-corrected chi connectivity index (χ4v) is 3.65. The Morgan fingerprint density at radius 3 is 2.62 bits per heavy atom. The van der Waals surface area contributed by atoms with E-state index < -0.39 is 38.8 Å². The summed E-state index contributed by atoms with van der Waals surface area (Å²) in [5, 5.41) is -5.06. The Hall–Kier alpha value is -1.59. The lowest BCUT2D eigenvalue weighted by Gasteiger charge is -2.40. The second kappa shape index (κ2) is 7.20. The van der Waals surface area contributed by atoms with Crippen molar-refractivity contribution in [1.29, 1.82) is 0 Å². The van der Waals surface area contributed by atoms with Crippen molar-refractivity contribution in [3.05, 3.63) is 11.6 Å². The molecule has 0 aromatic rings. The van der Waals surface area contributed by atoms with Crippen LogP contribution < -0.4 is 0 Å². The maximum absolute atomic E-state index is 13.4. The standard InChI is InChI=1S/C15H20F2O8S/c1-14(12(18)24-8-23-2)6-9-3-4-11(10(5-9)7-14)25-13(19)15(16,17)26(20,21)22/h7,9,11H,3-6,8H2,1-2H3,(H,20,21,22). The maximum Gasteiger partial charge on any atom is 0.465 e. The van der Waals surface area contributed by atoms with E-state index in [1.54, 1.807) is 6.92 Å². The van der Waals surface area contributed by atoms with E-state index in [1.165, 1.54) is 13.2 Å². The van der Waals surface area contributed by atoms with Crippen LogP contribution in [-0.2, 0) is 33.9 Å². The van der Waals surface area contributed by atoms with Gasteiger partial charge >= 0.3 is 27.3 Å². The number of alkyl halides is 2. The summed E-state index contributed by atoms with van der Waals surface area (Å²) in [7, 11) is -4.58. The van der Waals surface area contributed by atoms with Crippen molar-refractivity contribution in [2.24, 2.45) is 11.3 Å². The Morgan fingerprint density at radius 2 is 2.04 bits per heavy atom. The summed E-state index contributed by atoms with van der Waals surface area (Å²) in [6.07, 6.45) is 2.06. The van der Waals surface area contributed by atoms with Crippen LogP contribution in [0.4, 0.5) is 8.78 Å². The van der Waals surface area contributed by atoms with Gasteiger partial charge < -0.3 is 14.2 Å². The molecule has 0 aromatic carbocycles. The molecule has 0 spiro atoms. The molecule has 1 saturated carbocycles. The van der Waals surface area contributed by atoms with Crippen LogP contribution in [0.25, 0.3) is 0 Å². The summed E-state index contributed by atoms with van der Waals surface area (Å²) in [5.74, 6) is -2.83. The van der Waals surface area contributed by atoms with Gasteiger partial charge in [-0.2, -0.15) is 17.2 Å². The zero-order chi connectivity index (χ0) is 19.8. The minimum absolute atomic E-state index is 0.0760. The number of esters is 2. The number of methoxy groups -OCH3 is 1. The normalized spacial score (nSPS) is 28.9. The molecule has 0 heterocycles. The molecule has 0 amide bonds. The molecule has 1 fully saturated rings. The molecule has 8 nitrogen and oxygen atoms in total. The third-order valence-electron chi connectivity index (χ3n) is 4.58. The van der Waals surface area contributed by atoms with Crippen molar-refractivity contribution in [1.82, 2.24) is 0 Å². The number of rotatable bonds is 6. The van der Waals surface area contributed by atoms with Crippen LogP contribution in [0.2, 0.25) is 0 Å². The van der Waals surface area contributed by atoms with Gasteiger partial charge in [0.15, 0.2) is 6.79 Å². The highest BCUT2D eigenvalue weighted by molar-refractivity contribution is 7.87. The first-order valence-electron chi connectivity index (χ1n) is 7.84. The first-order valence-corrected chi connectivity index (χ1v) is 9.28. The molecule has 11 heteroatoms. The van der Waals surface area contributed by atoms with Gasteiger partial charge in [0, 0.05) is 7.11 Å². The van der Waals surface area contributed by atoms with Gasteiger partial charge in [-0.3, -0.25) is 9.35 Å². The average Bonchev–Trinajstić information content (AvgIpc) is 2.53. The van der Waals surface area contributed by atoms with Gasteiger partial charge in [0.2, 0.25) is 0 Å². The molecule has 3 atom stereocenters. The molecule has 0 aliphatic heterocycles. The van der Waals surface area contributed by atoms with E-state index in [9.17, 15) is 26.8 Å². The summed E-state index contributed by atoms with van der Waals surface area (Å²) in [4.78, 5) is 23.8. The van der Waals surface area contributed by atoms with Crippen LogP contribution in [0.15, 0.2) is 11.6 Å². The monoisotopic (exact) mass is 398 g/mol. The van der Waals surface area contributed by atoms with Crippen molar-refractivity contribution in [2.45, 2.75) is 44.0 Å². The number of carbonyl (C=O) groups excluding carboxylic acids is 2. The number of hydrogen-bond donors (Lipinski definition) is 1. The number of ether oxygens (including phenoxy) is 3. The van der Waals surface area contributed by atoms with E-state index in [-0.39, 0.29) is 19.1 Å². The molecule has 1 N–H and O–H groups in total. The highest BCUT2D eigenvalue weighted by atomic mass is 32.2. The average molecular weight is 398 g/mol. The SMILES string of the molecule is COCOC(=O)C1(C)C=C2CC(CCC2OC(=O)C(F)(F)S(=O)(=O)O)C1. The van der Waals surface area contributed by atoms with E-state index in [4.69, 9.17) is 9.29 Å². The summed E-state index contributed by atoms with van der Waals surface area (Å²) in [6.45, 7) is 1.38. The van der Waals surface area contributed by atoms with Crippen molar-refractivity contribution >= 4 is 22.1 Å². The molecule has 2 aliphatic rings. The van der Waals surface area contributed by atoms with Gasteiger partial charge in [0.05, 0.1) is 5.41 Å². The van der Waals surface area contributed by atoms with E-state index in [0.29, 0.717) is 24.8 Å². The van der Waals surface area contributed by atoms with Crippen LogP contribution in [-0.4, -0.2) is 50.2 Å². The van der Waals surface area contributed by atoms with Crippen LogP contribution in [0.5, 0.6) is 0 Å². The molecule has 2 rings (SSSR count). The van der Waals surface area contributed by atoms with Crippen molar-refractivity contribution in [3.8, 4) is 0 Å². The van der Waals surface area contributed by atoms with E-state index >= 15 is 0 Å². The molecule has 3 unspecified atom stereocenters. The lowest BCUT2D eigenvalue weighted by Crippen LogP contribution is -2.43. The van der Waals surface area contributed by atoms with E-state index in [0.717, 1.165) is 0 Å². The topological polar surface area (TPSA) is 116 Å². The zero-order valence-corrected chi connectivity index (χ0v) is 15.1. The Bertz CT molecular complexity index is 717. The third kappa shape index (κ3) is 4.04. The highest BCUT2D eigenvalue weighted by Crippen LogP contribution is 2.46. The van der Waals surface area contributed by atoms with Crippen LogP contribution in [0, 0.1) is 11.3 Å². The van der Waals surface area contributed by atoms with Crippen LogP contribution in [0.1, 0.15) is 32.6 Å². The Balaban J connectivity index is 2.20. The zero-order valence-electron chi connectivity index (χ0n) is 14.2. The molecule has 0 radical (unpaired) electrons. The largest absolute Gasteiger partial charge is 0.465 e. The van der Waals surface area contributed by atoms with Crippen molar-refractivity contribution < 1.29 is 45.6 Å². The van der Waals surface area contributed by atoms with Crippen LogP contribution in [0.3, 0.4) is 0 Å². The molecule has 0 saturated heterocycles. The highest BCUT2D eigenvalue weighted by Gasteiger charge is 2.55. The fourth-order valence-electron chi connectivity index (χ4n) is 3.39. The lowest BCUT2D eigenvalue weighted by molar-refractivity contribution is -0.167. The lowest BCUT2D eigenvalue weighted by atomic mass is 9.67. The smallest absolute Gasteiger partial charge is 0.452 e. The Morgan fingerprint density at radius 1 is 1.38 bits per heavy atom. The third-order valence-corrected chi connectivity index (χ3v) is 5.39. The number of fused-ring (bicyclic) bond motifs is 2. The second-order valence-electron chi connectivity index (χ2n) is 6.71. The quantitative estimate of drug-likeness (QED) is 0.311. The number of carbonyl (C=O) groups is 2. The predicted octanol–water partition coefficient (Wildman–Crippen LogP) is 1.66. The van der Waals surface area contributed by atoms with Gasteiger partial charge in [-0.1, -0.05) is 6.08 Å². The number of halogens is 2. The minimum atomic E-state index is -5.94. The van der Waals surface area contributed by atoms with Gasteiger partial charge in [-0.25, -0.2) is 4.79 Å². The maximum atomic E-state index is 13.4. The molecular formula is C15H20F2O8S. The molecular weight excluding hydrogens is 378 g/mol. The Kier molecular flexibility index (Phi) is 5.74. The minimum Gasteiger partial charge on any atom is -0.452 e. The first-order chi connectivity index (χ1) is 11.9. The predicted molar refractivity (Wildman–Crippen MR) is 82.5 cm³/mol. The first kappa shape index (κ1) is 20.7. The van der Waals surface area contributed by atoms with Gasteiger partial charge in [0.1, 0.15) is 6.10 Å².